The molecule has 55 heavy (non-hydrogen) atoms. The van der Waals surface area contributed by atoms with Crippen LogP contribution < -0.4 is 16.1 Å². The highest BCUT2D eigenvalue weighted by molar-refractivity contribution is 5.98. The molecule has 0 saturated carbocycles. The third-order valence-corrected chi connectivity index (χ3v) is 7.97. The van der Waals surface area contributed by atoms with E-state index in [1.165, 1.54) is 35.3 Å². The Morgan fingerprint density at radius 2 is 1.53 bits per heavy atom. The monoisotopic (exact) mass is 758 g/mol. The summed E-state index contributed by atoms with van der Waals surface area (Å²) in [4.78, 5) is 71.8. The van der Waals surface area contributed by atoms with Gasteiger partial charge in [0.25, 0.3) is 5.91 Å². The van der Waals surface area contributed by atoms with Gasteiger partial charge in [0.1, 0.15) is 29.3 Å². The van der Waals surface area contributed by atoms with Crippen molar-refractivity contribution in [3.8, 4) is 0 Å². The molecule has 15 heteroatoms. The number of likely N-dealkylation sites (N-methyl/N-ethyl adjacent to an activating group) is 1. The van der Waals surface area contributed by atoms with E-state index in [0.29, 0.717) is 11.1 Å². The van der Waals surface area contributed by atoms with Crippen LogP contribution in [0.25, 0.3) is 10.9 Å². The Morgan fingerprint density at radius 3 is 2.18 bits per heavy atom. The normalized spacial score (nSPS) is 13.1. The number of carbonyl (C=O) groups excluding carboxylic acids is 4. The topological polar surface area (TPSA) is 180 Å². The number of carboxylic acids is 1. The number of aliphatic carboxylic acids is 1. The second kappa shape index (κ2) is 19.4. The van der Waals surface area contributed by atoms with E-state index in [-0.39, 0.29) is 31.7 Å². The lowest BCUT2D eigenvalue weighted by molar-refractivity contribution is -0.153. The molecule has 3 atom stereocenters. The quantitative estimate of drug-likeness (QED) is 0.0901. The summed E-state index contributed by atoms with van der Waals surface area (Å²) < 4.78 is 25.3. The van der Waals surface area contributed by atoms with Crippen molar-refractivity contribution >= 4 is 40.7 Å². The molecule has 0 radical (unpaired) electrons. The first kappa shape index (κ1) is 41.8. The van der Waals surface area contributed by atoms with Crippen LogP contribution in [0.5, 0.6) is 0 Å². The molecule has 4 rings (SSSR count). The average molecular weight is 759 g/mol. The number of nitrogens with one attached hydrogen (secondary N) is 3. The SMILES string of the molecule is CN(C)CC(=O)O[C@@H](CN(Cc1ccc(F)cc1)NC(=O)OC(C)(C)C)[C@H](Cc1ccccc1)NC(=O)[C@H](CC(=O)O)NC(=O)c1ccc2ccccc2n1. The van der Waals surface area contributed by atoms with Gasteiger partial charge in [-0.3, -0.25) is 29.5 Å². The molecule has 0 spiro atoms. The number of fused-ring (bicyclic) bond motifs is 1. The molecular weight excluding hydrogens is 711 g/mol. The van der Waals surface area contributed by atoms with Crippen molar-refractivity contribution in [2.45, 2.75) is 63.9 Å². The minimum atomic E-state index is -1.56. The lowest BCUT2D eigenvalue weighted by Crippen LogP contribution is -2.58. The predicted octanol–water partition coefficient (Wildman–Crippen LogP) is 4.09. The Labute approximate surface area is 319 Å². The molecule has 3 aromatic carbocycles. The van der Waals surface area contributed by atoms with E-state index in [1.54, 1.807) is 88.3 Å². The molecular formula is C40H47FN6O8. The highest BCUT2D eigenvalue weighted by Gasteiger charge is 2.34. The van der Waals surface area contributed by atoms with Crippen molar-refractivity contribution < 1.29 is 42.9 Å². The van der Waals surface area contributed by atoms with Crippen molar-refractivity contribution in [3.05, 3.63) is 114 Å². The van der Waals surface area contributed by atoms with Crippen molar-refractivity contribution in [1.82, 2.24) is 31.0 Å². The fourth-order valence-corrected chi connectivity index (χ4v) is 5.55. The van der Waals surface area contributed by atoms with Crippen molar-refractivity contribution in [2.24, 2.45) is 0 Å². The van der Waals surface area contributed by atoms with E-state index >= 15 is 0 Å². The molecule has 292 valence electrons. The molecule has 3 amide bonds. The summed E-state index contributed by atoms with van der Waals surface area (Å²) in [5.74, 6) is -4.10. The number of pyridine rings is 1. The van der Waals surface area contributed by atoms with Crippen LogP contribution in [0.1, 0.15) is 48.8 Å². The number of amides is 3. The molecule has 0 fully saturated rings. The number of hydrogen-bond donors (Lipinski definition) is 4. The van der Waals surface area contributed by atoms with E-state index < -0.39 is 65.9 Å². The molecule has 0 aliphatic heterocycles. The summed E-state index contributed by atoms with van der Waals surface area (Å²) in [6.45, 7) is 4.73. The van der Waals surface area contributed by atoms with Gasteiger partial charge in [-0.05, 0) is 76.7 Å². The Kier molecular flexibility index (Phi) is 14.8. The molecule has 0 aliphatic carbocycles. The lowest BCUT2D eigenvalue weighted by Gasteiger charge is -2.34. The molecule has 1 heterocycles. The summed E-state index contributed by atoms with van der Waals surface area (Å²) >= 11 is 0. The second-order valence-electron chi connectivity index (χ2n) is 14.2. The van der Waals surface area contributed by atoms with Gasteiger partial charge in [-0.25, -0.2) is 19.2 Å². The number of benzene rings is 3. The van der Waals surface area contributed by atoms with Crippen LogP contribution in [0.2, 0.25) is 0 Å². The van der Waals surface area contributed by atoms with Gasteiger partial charge in [0.2, 0.25) is 5.91 Å². The fraction of sp³-hybridized carbons (Fsp3) is 0.350. The molecule has 4 aromatic rings. The molecule has 0 saturated heterocycles. The Bertz CT molecular complexity index is 1940. The molecule has 0 unspecified atom stereocenters. The van der Waals surface area contributed by atoms with E-state index in [4.69, 9.17) is 9.47 Å². The minimum absolute atomic E-state index is 0.00368. The number of esters is 1. The summed E-state index contributed by atoms with van der Waals surface area (Å²) in [7, 11) is 3.35. The number of para-hydroxylation sites is 1. The maximum Gasteiger partial charge on any atom is 0.422 e. The number of nitrogens with zero attached hydrogens (tertiary/aromatic N) is 3. The van der Waals surface area contributed by atoms with Crippen molar-refractivity contribution in [2.75, 3.05) is 27.2 Å². The van der Waals surface area contributed by atoms with Crippen molar-refractivity contribution in [3.63, 3.8) is 0 Å². The van der Waals surface area contributed by atoms with Crippen LogP contribution in [0.3, 0.4) is 0 Å². The third kappa shape index (κ3) is 14.1. The Hall–Kier alpha value is -5.93. The van der Waals surface area contributed by atoms with Crippen molar-refractivity contribution in [1.29, 1.82) is 0 Å². The number of ether oxygens (including phenoxy) is 2. The van der Waals surface area contributed by atoms with Crippen LogP contribution in [0, 0.1) is 5.82 Å². The number of aromatic nitrogens is 1. The molecule has 14 nitrogen and oxygen atoms in total. The summed E-state index contributed by atoms with van der Waals surface area (Å²) in [6.07, 6.45) is -2.69. The number of carboxylic acid groups (broad SMARTS) is 1. The second-order valence-corrected chi connectivity index (χ2v) is 14.2. The Morgan fingerprint density at radius 1 is 0.855 bits per heavy atom. The average Bonchev–Trinajstić information content (AvgIpc) is 3.10. The number of hydrazine groups is 1. The fourth-order valence-electron chi connectivity index (χ4n) is 5.55. The lowest BCUT2D eigenvalue weighted by atomic mass is 9.99. The van der Waals surface area contributed by atoms with Crippen LogP contribution in [-0.4, -0.2) is 101 Å². The number of hydrogen-bond acceptors (Lipinski definition) is 10. The van der Waals surface area contributed by atoms with Crippen LogP contribution in [-0.2, 0) is 36.8 Å². The van der Waals surface area contributed by atoms with Gasteiger partial charge in [0, 0.05) is 11.9 Å². The van der Waals surface area contributed by atoms with Gasteiger partial charge < -0.3 is 25.2 Å². The summed E-state index contributed by atoms with van der Waals surface area (Å²) in [5, 5.41) is 17.3. The summed E-state index contributed by atoms with van der Waals surface area (Å²) in [6, 6.07) is 22.2. The van der Waals surface area contributed by atoms with E-state index in [1.807, 2.05) is 12.1 Å². The highest BCUT2D eigenvalue weighted by Crippen LogP contribution is 2.16. The van der Waals surface area contributed by atoms with Crippen LogP contribution >= 0.6 is 0 Å². The molecule has 0 aliphatic rings. The summed E-state index contributed by atoms with van der Waals surface area (Å²) in [5.41, 5.74) is 3.64. The smallest absolute Gasteiger partial charge is 0.422 e. The first-order valence-electron chi connectivity index (χ1n) is 17.6. The predicted molar refractivity (Wildman–Crippen MR) is 202 cm³/mol. The highest BCUT2D eigenvalue weighted by atomic mass is 19.1. The van der Waals surface area contributed by atoms with Crippen LogP contribution in [0.15, 0.2) is 91.0 Å². The van der Waals surface area contributed by atoms with Crippen LogP contribution in [0.4, 0.5) is 9.18 Å². The van der Waals surface area contributed by atoms with Gasteiger partial charge >= 0.3 is 18.0 Å². The largest absolute Gasteiger partial charge is 0.481 e. The van der Waals surface area contributed by atoms with E-state index in [2.05, 4.69) is 21.0 Å². The number of halogens is 1. The number of carbonyl (C=O) groups is 5. The van der Waals surface area contributed by atoms with Gasteiger partial charge in [-0.15, -0.1) is 0 Å². The van der Waals surface area contributed by atoms with Gasteiger partial charge in [-0.1, -0.05) is 66.7 Å². The van der Waals surface area contributed by atoms with Gasteiger partial charge in [0.05, 0.1) is 31.1 Å². The Balaban J connectivity index is 1.69. The zero-order valence-corrected chi connectivity index (χ0v) is 31.5. The molecule has 1 aromatic heterocycles. The molecule has 0 bridgehead atoms. The minimum Gasteiger partial charge on any atom is -0.481 e. The third-order valence-electron chi connectivity index (χ3n) is 7.97. The first-order chi connectivity index (χ1) is 26.0. The zero-order chi connectivity index (χ0) is 40.1. The maximum atomic E-state index is 14.1. The van der Waals surface area contributed by atoms with E-state index in [9.17, 15) is 33.5 Å². The maximum absolute atomic E-state index is 14.1. The first-order valence-corrected chi connectivity index (χ1v) is 17.6. The standard InChI is InChI=1S/C40H47FN6O8/c1-40(2,3)55-39(53)45-47(23-27-15-18-29(41)19-16-27)24-34(54-36(50)25-46(4)5)32(21-26-11-7-6-8-12-26)43-38(52)33(22-35(48)49)44-37(51)31-20-17-28-13-9-10-14-30(28)42-31/h6-20,32-34H,21-25H2,1-5H3,(H,43,52)(H,44,51)(H,45,53)(H,48,49)/t32-,33-,34-/m0/s1. The van der Waals surface area contributed by atoms with Gasteiger partial charge in [-0.2, -0.15) is 0 Å². The number of rotatable bonds is 17. The van der Waals surface area contributed by atoms with Gasteiger partial charge in [0.15, 0.2) is 0 Å². The zero-order valence-electron chi connectivity index (χ0n) is 31.5. The molecule has 4 N–H and O–H groups in total. The van der Waals surface area contributed by atoms with E-state index in [0.717, 1.165) is 10.9 Å².